The molecule has 1 aromatic rings. The molecule has 0 radical (unpaired) electrons. The van der Waals surface area contributed by atoms with Crippen LogP contribution < -0.4 is 0 Å². The van der Waals surface area contributed by atoms with Gasteiger partial charge in [-0.05, 0) is 30.3 Å². The molecular formula is C14H22O2Si. The predicted molar refractivity (Wildman–Crippen MR) is 75.4 cm³/mol. The molecule has 2 nitrogen and oxygen atoms in total. The number of rotatable bonds is 3. The summed E-state index contributed by atoms with van der Waals surface area (Å²) in [5, 5.41) is 9.79. The van der Waals surface area contributed by atoms with E-state index in [2.05, 4.69) is 33.9 Å². The Labute approximate surface area is 105 Å². The zero-order valence-electron chi connectivity index (χ0n) is 11.3. The van der Waals surface area contributed by atoms with Crippen molar-refractivity contribution in [3.63, 3.8) is 0 Å². The van der Waals surface area contributed by atoms with Gasteiger partial charge in [0.2, 0.25) is 8.32 Å². The third-order valence-electron chi connectivity index (χ3n) is 3.35. The lowest BCUT2D eigenvalue weighted by Crippen LogP contribution is -2.39. The van der Waals surface area contributed by atoms with Gasteiger partial charge in [0.25, 0.3) is 0 Å². The maximum atomic E-state index is 9.60. The van der Waals surface area contributed by atoms with Gasteiger partial charge in [0.05, 0.1) is 6.26 Å². The van der Waals surface area contributed by atoms with Crippen LogP contribution >= 0.6 is 0 Å². The number of phenolic OH excluding ortho intramolecular Hbond substituents is 1. The summed E-state index contributed by atoms with van der Waals surface area (Å²) >= 11 is 0. The molecule has 0 bridgehead atoms. The summed E-state index contributed by atoms with van der Waals surface area (Å²) in [6.07, 6.45) is 3.53. The first-order valence-corrected chi connectivity index (χ1v) is 8.77. The lowest BCUT2D eigenvalue weighted by Gasteiger charge is -2.34. The average Bonchev–Trinajstić information content (AvgIpc) is 2.19. The Bertz CT molecular complexity index is 403. The third-order valence-corrected chi connectivity index (χ3v) is 7.69. The predicted octanol–water partition coefficient (Wildman–Crippen LogP) is 4.38. The quantitative estimate of drug-likeness (QED) is 0.637. The Morgan fingerprint density at radius 1 is 1.18 bits per heavy atom. The van der Waals surface area contributed by atoms with Crippen LogP contribution in [0, 0.1) is 0 Å². The monoisotopic (exact) mass is 250 g/mol. The van der Waals surface area contributed by atoms with Crippen molar-refractivity contribution >= 4 is 14.4 Å². The maximum absolute atomic E-state index is 9.60. The van der Waals surface area contributed by atoms with E-state index in [0.717, 1.165) is 5.56 Å². The minimum absolute atomic E-state index is 0.191. The summed E-state index contributed by atoms with van der Waals surface area (Å²) in [6.45, 7) is 11.0. The number of hydrogen-bond donors (Lipinski definition) is 1. The van der Waals surface area contributed by atoms with E-state index in [1.165, 1.54) is 0 Å². The molecular weight excluding hydrogens is 228 g/mol. The van der Waals surface area contributed by atoms with Crippen LogP contribution in [0.3, 0.4) is 0 Å². The third kappa shape index (κ3) is 3.63. The SMILES string of the molecule is CC(C)(C)[Si](C)(C)O/C=C/c1ccccc1O. The van der Waals surface area contributed by atoms with Gasteiger partial charge < -0.3 is 9.53 Å². The van der Waals surface area contributed by atoms with E-state index in [4.69, 9.17) is 4.43 Å². The van der Waals surface area contributed by atoms with Gasteiger partial charge in [-0.3, -0.25) is 0 Å². The van der Waals surface area contributed by atoms with Gasteiger partial charge >= 0.3 is 0 Å². The number of hydrogen-bond acceptors (Lipinski definition) is 2. The number of aromatic hydroxyl groups is 1. The summed E-state index contributed by atoms with van der Waals surface area (Å²) in [6, 6.07) is 7.24. The van der Waals surface area contributed by atoms with Gasteiger partial charge in [0.1, 0.15) is 5.75 Å². The highest BCUT2D eigenvalue weighted by atomic mass is 28.4. The van der Waals surface area contributed by atoms with E-state index in [1.807, 2.05) is 18.2 Å². The van der Waals surface area contributed by atoms with Crippen molar-refractivity contribution in [1.29, 1.82) is 0 Å². The molecule has 0 aliphatic carbocycles. The van der Waals surface area contributed by atoms with Gasteiger partial charge in [0, 0.05) is 5.56 Å². The van der Waals surface area contributed by atoms with E-state index in [1.54, 1.807) is 18.4 Å². The van der Waals surface area contributed by atoms with Crippen molar-refractivity contribution in [2.45, 2.75) is 38.9 Å². The maximum Gasteiger partial charge on any atom is 0.249 e. The molecule has 0 aliphatic heterocycles. The fraction of sp³-hybridized carbons (Fsp3) is 0.429. The molecule has 94 valence electrons. The van der Waals surface area contributed by atoms with Crippen LogP contribution in [-0.4, -0.2) is 13.4 Å². The summed E-state index contributed by atoms with van der Waals surface area (Å²) in [5.41, 5.74) is 0.784. The first-order chi connectivity index (χ1) is 7.74. The molecule has 0 atom stereocenters. The largest absolute Gasteiger partial charge is 0.549 e. The number of benzene rings is 1. The molecule has 0 aliphatic rings. The Hall–Kier alpha value is -1.22. The molecule has 1 N–H and O–H groups in total. The molecule has 1 aromatic carbocycles. The Kier molecular flexibility index (Phi) is 4.04. The summed E-state index contributed by atoms with van der Waals surface area (Å²) in [7, 11) is -1.74. The van der Waals surface area contributed by atoms with Gasteiger partial charge in [-0.25, -0.2) is 0 Å². The Balaban J connectivity index is 2.72. The van der Waals surface area contributed by atoms with E-state index in [9.17, 15) is 5.11 Å². The topological polar surface area (TPSA) is 29.5 Å². The van der Waals surface area contributed by atoms with Crippen molar-refractivity contribution in [1.82, 2.24) is 0 Å². The van der Waals surface area contributed by atoms with Crippen molar-refractivity contribution in [3.8, 4) is 5.75 Å². The highest BCUT2D eigenvalue weighted by molar-refractivity contribution is 6.74. The normalized spacial score (nSPS) is 13.0. The number of phenols is 1. The van der Waals surface area contributed by atoms with Crippen LogP contribution in [0.15, 0.2) is 30.5 Å². The van der Waals surface area contributed by atoms with E-state index >= 15 is 0 Å². The van der Waals surface area contributed by atoms with Crippen molar-refractivity contribution in [3.05, 3.63) is 36.1 Å². The van der Waals surface area contributed by atoms with Crippen LogP contribution in [0.4, 0.5) is 0 Å². The zero-order chi connectivity index (χ0) is 13.1. The second-order valence-electron chi connectivity index (χ2n) is 5.74. The van der Waals surface area contributed by atoms with Gasteiger partial charge in [-0.15, -0.1) is 0 Å². The van der Waals surface area contributed by atoms with E-state index < -0.39 is 8.32 Å². The molecule has 0 aromatic heterocycles. The average molecular weight is 250 g/mol. The van der Waals surface area contributed by atoms with Gasteiger partial charge in [-0.1, -0.05) is 39.0 Å². The minimum Gasteiger partial charge on any atom is -0.549 e. The molecule has 0 unspecified atom stereocenters. The van der Waals surface area contributed by atoms with Crippen LogP contribution in [0.25, 0.3) is 6.08 Å². The first-order valence-electron chi connectivity index (χ1n) is 5.86. The second-order valence-corrected chi connectivity index (χ2v) is 10.5. The zero-order valence-corrected chi connectivity index (χ0v) is 12.3. The molecule has 0 saturated heterocycles. The second kappa shape index (κ2) is 4.96. The van der Waals surface area contributed by atoms with Crippen molar-refractivity contribution in [2.75, 3.05) is 0 Å². The molecule has 3 heteroatoms. The Morgan fingerprint density at radius 2 is 1.76 bits per heavy atom. The van der Waals surface area contributed by atoms with Crippen molar-refractivity contribution < 1.29 is 9.53 Å². The lowest BCUT2D eigenvalue weighted by atomic mass is 10.2. The highest BCUT2D eigenvalue weighted by Crippen LogP contribution is 2.36. The standard InChI is InChI=1S/C14H22O2Si/c1-14(2,3)17(4,5)16-11-10-12-8-6-7-9-13(12)15/h6-11,15H,1-5H3/b11-10+. The van der Waals surface area contributed by atoms with Gasteiger partial charge in [-0.2, -0.15) is 0 Å². The van der Waals surface area contributed by atoms with Crippen LogP contribution in [0.5, 0.6) is 5.75 Å². The van der Waals surface area contributed by atoms with Crippen LogP contribution in [0.1, 0.15) is 26.3 Å². The smallest absolute Gasteiger partial charge is 0.249 e. The molecule has 0 spiro atoms. The minimum atomic E-state index is -1.74. The van der Waals surface area contributed by atoms with E-state index in [0.29, 0.717) is 0 Å². The summed E-state index contributed by atoms with van der Waals surface area (Å²) < 4.78 is 5.90. The molecule has 0 fully saturated rings. The fourth-order valence-corrected chi connectivity index (χ4v) is 1.84. The van der Waals surface area contributed by atoms with Gasteiger partial charge in [0.15, 0.2) is 0 Å². The van der Waals surface area contributed by atoms with Crippen molar-refractivity contribution in [2.24, 2.45) is 0 Å². The number of para-hydroxylation sites is 1. The lowest BCUT2D eigenvalue weighted by molar-refractivity contribution is 0.432. The molecule has 1 rings (SSSR count). The Morgan fingerprint density at radius 3 is 2.29 bits per heavy atom. The first kappa shape index (κ1) is 13.8. The molecule has 17 heavy (non-hydrogen) atoms. The van der Waals surface area contributed by atoms with E-state index in [-0.39, 0.29) is 10.8 Å². The fourth-order valence-electron chi connectivity index (χ4n) is 1.08. The summed E-state index contributed by atoms with van der Waals surface area (Å²) in [4.78, 5) is 0. The molecule has 0 heterocycles. The van der Waals surface area contributed by atoms with Crippen LogP contribution in [-0.2, 0) is 4.43 Å². The summed E-state index contributed by atoms with van der Waals surface area (Å²) in [5.74, 6) is 0.280. The molecule has 0 saturated carbocycles. The van der Waals surface area contributed by atoms with Crippen LogP contribution in [0.2, 0.25) is 18.1 Å². The molecule has 0 amide bonds. The highest BCUT2D eigenvalue weighted by Gasteiger charge is 2.37.